The second-order valence-electron chi connectivity index (χ2n) is 11.0. The van der Waals surface area contributed by atoms with Crippen LogP contribution in [0.1, 0.15) is 74.4 Å². The number of aromatic nitrogens is 2. The highest BCUT2D eigenvalue weighted by molar-refractivity contribution is 6.11. The predicted octanol–water partition coefficient (Wildman–Crippen LogP) is 5.28. The molecule has 0 radical (unpaired) electrons. The largest absolute Gasteiger partial charge is 0.444 e. The summed E-state index contributed by atoms with van der Waals surface area (Å²) in [6.07, 6.45) is 1.37. The normalized spacial score (nSPS) is 11.8. The van der Waals surface area contributed by atoms with Crippen LogP contribution in [0.15, 0.2) is 24.5 Å². The standard InChI is InChI=1S/C26H36N4O6/c1-24(2,3)34-21(31)27-15-11-10-13-18-17-28-20-19(14-12-16-29(18)20)30(22(32)35-25(4,5)6)23(33)36-26(7,8)9/h12,14,16-17H,11,15H2,1-9H3,(H,27,31). The fourth-order valence-corrected chi connectivity index (χ4v) is 2.84. The van der Waals surface area contributed by atoms with Gasteiger partial charge in [0.15, 0.2) is 5.65 Å². The van der Waals surface area contributed by atoms with Crippen molar-refractivity contribution in [2.24, 2.45) is 0 Å². The lowest BCUT2D eigenvalue weighted by Crippen LogP contribution is -2.44. The zero-order chi connectivity index (χ0) is 27.3. The third-order valence-corrected chi connectivity index (χ3v) is 4.04. The summed E-state index contributed by atoms with van der Waals surface area (Å²) in [4.78, 5) is 43.0. The van der Waals surface area contributed by atoms with Crippen molar-refractivity contribution in [3.8, 4) is 11.8 Å². The van der Waals surface area contributed by atoms with Crippen LogP contribution >= 0.6 is 0 Å². The first-order chi connectivity index (χ1) is 16.5. The van der Waals surface area contributed by atoms with Crippen LogP contribution in [-0.2, 0) is 14.2 Å². The molecule has 3 amide bonds. The number of hydrogen-bond acceptors (Lipinski definition) is 7. The summed E-state index contributed by atoms with van der Waals surface area (Å²) in [6, 6.07) is 3.25. The zero-order valence-electron chi connectivity index (χ0n) is 22.5. The molecule has 0 saturated heterocycles. The Morgan fingerprint density at radius 3 is 2.03 bits per heavy atom. The van der Waals surface area contributed by atoms with Gasteiger partial charge in [-0.25, -0.2) is 19.4 Å². The van der Waals surface area contributed by atoms with Crippen molar-refractivity contribution in [3.05, 3.63) is 30.2 Å². The Kier molecular flexibility index (Phi) is 8.62. The van der Waals surface area contributed by atoms with Gasteiger partial charge in [0.2, 0.25) is 0 Å². The number of nitrogens with zero attached hydrogens (tertiary/aromatic N) is 3. The summed E-state index contributed by atoms with van der Waals surface area (Å²) in [6.45, 7) is 15.9. The van der Waals surface area contributed by atoms with E-state index >= 15 is 0 Å². The number of rotatable bonds is 3. The molecular formula is C26H36N4O6. The highest BCUT2D eigenvalue weighted by Gasteiger charge is 2.34. The van der Waals surface area contributed by atoms with Crippen LogP contribution in [0.5, 0.6) is 0 Å². The number of fused-ring (bicyclic) bond motifs is 1. The molecule has 36 heavy (non-hydrogen) atoms. The Morgan fingerprint density at radius 1 is 0.944 bits per heavy atom. The van der Waals surface area contributed by atoms with Crippen molar-refractivity contribution in [2.75, 3.05) is 11.4 Å². The molecule has 0 spiro atoms. The van der Waals surface area contributed by atoms with Crippen LogP contribution in [0.2, 0.25) is 0 Å². The van der Waals surface area contributed by atoms with Crippen molar-refractivity contribution >= 4 is 29.6 Å². The Labute approximate surface area is 212 Å². The third kappa shape index (κ3) is 8.80. The maximum absolute atomic E-state index is 13.0. The molecule has 0 bridgehead atoms. The van der Waals surface area contributed by atoms with Gasteiger partial charge in [-0.3, -0.25) is 4.40 Å². The van der Waals surface area contributed by atoms with E-state index in [-0.39, 0.29) is 5.69 Å². The van der Waals surface area contributed by atoms with Crippen LogP contribution in [-0.4, -0.2) is 51.0 Å². The first kappa shape index (κ1) is 28.5. The van der Waals surface area contributed by atoms with E-state index in [1.165, 1.54) is 6.20 Å². The Balaban J connectivity index is 2.30. The summed E-state index contributed by atoms with van der Waals surface area (Å²) in [5, 5.41) is 2.65. The number of imide groups is 1. The Morgan fingerprint density at radius 2 is 1.50 bits per heavy atom. The Hall–Kier alpha value is -3.74. The molecule has 0 aliphatic carbocycles. The van der Waals surface area contributed by atoms with Crippen molar-refractivity contribution in [1.82, 2.24) is 14.7 Å². The second kappa shape index (κ2) is 10.9. The molecule has 10 nitrogen and oxygen atoms in total. The summed E-state index contributed by atoms with van der Waals surface area (Å²) >= 11 is 0. The molecule has 0 aromatic carbocycles. The van der Waals surface area contributed by atoms with Crippen molar-refractivity contribution in [2.45, 2.75) is 85.5 Å². The minimum absolute atomic E-state index is 0.195. The number of hydrogen-bond donors (Lipinski definition) is 1. The fraction of sp³-hybridized carbons (Fsp3) is 0.538. The van der Waals surface area contributed by atoms with E-state index in [9.17, 15) is 14.4 Å². The molecule has 0 unspecified atom stereocenters. The van der Waals surface area contributed by atoms with Gasteiger partial charge < -0.3 is 19.5 Å². The number of carbonyl (C=O) groups excluding carboxylic acids is 3. The number of imidazole rings is 1. The van der Waals surface area contributed by atoms with Crippen molar-refractivity contribution in [1.29, 1.82) is 0 Å². The van der Waals surface area contributed by atoms with Crippen LogP contribution in [0, 0.1) is 11.8 Å². The third-order valence-electron chi connectivity index (χ3n) is 4.04. The molecule has 2 rings (SSSR count). The minimum Gasteiger partial charge on any atom is -0.444 e. The maximum atomic E-state index is 13.0. The number of alkyl carbamates (subject to hydrolysis) is 1. The number of anilines is 1. The van der Waals surface area contributed by atoms with E-state index in [0.717, 1.165) is 4.90 Å². The van der Waals surface area contributed by atoms with E-state index in [0.29, 0.717) is 24.3 Å². The maximum Gasteiger partial charge on any atom is 0.424 e. The van der Waals surface area contributed by atoms with E-state index in [1.807, 2.05) is 0 Å². The fourth-order valence-electron chi connectivity index (χ4n) is 2.84. The first-order valence-corrected chi connectivity index (χ1v) is 11.6. The zero-order valence-corrected chi connectivity index (χ0v) is 22.5. The lowest BCUT2D eigenvalue weighted by molar-refractivity contribution is 0.0428. The lowest BCUT2D eigenvalue weighted by atomic mass is 10.2. The number of amides is 3. The topological polar surface area (TPSA) is 111 Å². The second-order valence-corrected chi connectivity index (χ2v) is 11.0. The number of nitrogens with one attached hydrogen (secondary N) is 1. The van der Waals surface area contributed by atoms with E-state index in [1.54, 1.807) is 85.0 Å². The number of ether oxygens (including phenoxy) is 3. The van der Waals surface area contributed by atoms with E-state index in [2.05, 4.69) is 22.1 Å². The Bertz CT molecular complexity index is 1140. The average Bonchev–Trinajstić information content (AvgIpc) is 3.07. The van der Waals surface area contributed by atoms with E-state index < -0.39 is 35.1 Å². The van der Waals surface area contributed by atoms with Gasteiger partial charge in [0.05, 0.1) is 6.20 Å². The van der Waals surface area contributed by atoms with Crippen LogP contribution < -0.4 is 10.2 Å². The van der Waals surface area contributed by atoms with Gasteiger partial charge in [0, 0.05) is 19.2 Å². The van der Waals surface area contributed by atoms with Crippen LogP contribution in [0.3, 0.4) is 0 Å². The SMILES string of the molecule is CC(C)(C)OC(=O)NCCC#Cc1cnc2c(N(C(=O)OC(C)(C)C)C(=O)OC(C)(C)C)cccn12. The molecular weight excluding hydrogens is 464 g/mol. The van der Waals surface area contributed by atoms with Gasteiger partial charge in [-0.05, 0) is 80.4 Å². The molecule has 0 atom stereocenters. The molecule has 0 fully saturated rings. The molecule has 0 saturated carbocycles. The monoisotopic (exact) mass is 500 g/mol. The molecule has 2 aromatic heterocycles. The van der Waals surface area contributed by atoms with E-state index in [4.69, 9.17) is 14.2 Å². The first-order valence-electron chi connectivity index (χ1n) is 11.6. The van der Waals surface area contributed by atoms with Crippen LogP contribution in [0.4, 0.5) is 20.1 Å². The molecule has 0 aliphatic rings. The van der Waals surface area contributed by atoms with Gasteiger partial charge in [-0.2, -0.15) is 4.90 Å². The van der Waals surface area contributed by atoms with Gasteiger partial charge in [-0.1, -0.05) is 5.92 Å². The lowest BCUT2D eigenvalue weighted by Gasteiger charge is -2.28. The minimum atomic E-state index is -0.881. The summed E-state index contributed by atoms with van der Waals surface area (Å²) in [5.74, 6) is 5.97. The van der Waals surface area contributed by atoms with Crippen LogP contribution in [0.25, 0.3) is 5.65 Å². The number of carbonyl (C=O) groups is 3. The highest BCUT2D eigenvalue weighted by Crippen LogP contribution is 2.26. The van der Waals surface area contributed by atoms with Gasteiger partial charge in [-0.15, -0.1) is 0 Å². The molecule has 1 N–H and O–H groups in total. The highest BCUT2D eigenvalue weighted by atomic mass is 16.6. The molecule has 196 valence electrons. The van der Waals surface area contributed by atoms with Gasteiger partial charge >= 0.3 is 18.3 Å². The van der Waals surface area contributed by atoms with Gasteiger partial charge in [0.25, 0.3) is 0 Å². The smallest absolute Gasteiger partial charge is 0.424 e. The van der Waals surface area contributed by atoms with Crippen molar-refractivity contribution < 1.29 is 28.6 Å². The quantitative estimate of drug-likeness (QED) is 0.347. The van der Waals surface area contributed by atoms with Gasteiger partial charge in [0.1, 0.15) is 28.2 Å². The summed E-state index contributed by atoms with van der Waals surface area (Å²) < 4.78 is 17.8. The number of pyridine rings is 1. The molecule has 10 heteroatoms. The predicted molar refractivity (Wildman–Crippen MR) is 136 cm³/mol. The van der Waals surface area contributed by atoms with Crippen molar-refractivity contribution in [3.63, 3.8) is 0 Å². The molecule has 2 aromatic rings. The summed E-state index contributed by atoms with van der Waals surface area (Å²) in [5.41, 5.74) is -1.18. The molecule has 2 heterocycles. The summed E-state index contributed by atoms with van der Waals surface area (Å²) in [7, 11) is 0. The average molecular weight is 501 g/mol. The molecule has 0 aliphatic heterocycles.